The van der Waals surface area contributed by atoms with Gasteiger partial charge in [0.1, 0.15) is 0 Å². The van der Waals surface area contributed by atoms with Crippen LogP contribution in [0.25, 0.3) is 5.57 Å². The second kappa shape index (κ2) is 29.0. The molecule has 0 saturated heterocycles. The number of hydrogen-bond acceptors (Lipinski definition) is 3. The molecule has 46 heavy (non-hydrogen) atoms. The molecule has 0 aromatic heterocycles. The highest BCUT2D eigenvalue weighted by atomic mass is 19.4. The number of hydrogen-bond donors (Lipinski definition) is 2. The van der Waals surface area contributed by atoms with Crippen molar-refractivity contribution in [2.24, 2.45) is 16.8 Å². The average molecular weight is 663 g/mol. The van der Waals surface area contributed by atoms with Crippen molar-refractivity contribution >= 4 is 18.3 Å². The maximum atomic E-state index is 12.7. The van der Waals surface area contributed by atoms with Gasteiger partial charge in [-0.1, -0.05) is 123 Å². The van der Waals surface area contributed by atoms with E-state index in [1.807, 2.05) is 61.5 Å². The second-order valence-corrected chi connectivity index (χ2v) is 9.52. The monoisotopic (exact) mass is 662 g/mol. The fraction of sp³-hybridized carbons (Fsp3) is 0.500. The molecule has 264 valence electrons. The van der Waals surface area contributed by atoms with Crippen LogP contribution < -0.4 is 5.32 Å². The number of carboxylic acid groups (broad SMARTS) is 1. The van der Waals surface area contributed by atoms with E-state index in [0.29, 0.717) is 23.8 Å². The first-order valence-corrected chi connectivity index (χ1v) is 15.4. The van der Waals surface area contributed by atoms with E-state index < -0.39 is 29.5 Å². The van der Waals surface area contributed by atoms with Crippen LogP contribution in [0.3, 0.4) is 0 Å². The van der Waals surface area contributed by atoms with E-state index >= 15 is 0 Å². The third kappa shape index (κ3) is 27.0. The third-order valence-corrected chi connectivity index (χ3v) is 5.66. The van der Waals surface area contributed by atoms with Gasteiger partial charge in [-0.05, 0) is 55.8 Å². The summed E-state index contributed by atoms with van der Waals surface area (Å²) >= 11 is 0. The minimum atomic E-state index is -4.32. The molecule has 1 atom stereocenters. The molecule has 10 heteroatoms. The van der Waals surface area contributed by atoms with Crippen molar-refractivity contribution in [2.75, 3.05) is 20.1 Å². The smallest absolute Gasteiger partial charge is 0.416 e. The first-order chi connectivity index (χ1) is 21.4. The minimum absolute atomic E-state index is 0.181. The van der Waals surface area contributed by atoms with Crippen LogP contribution in [-0.4, -0.2) is 44.1 Å². The number of rotatable bonds is 12. The maximum Gasteiger partial charge on any atom is 0.416 e. The van der Waals surface area contributed by atoms with Crippen LogP contribution in [-0.2, 0) is 11.0 Å². The highest BCUT2D eigenvalue weighted by molar-refractivity contribution is 5.74. The highest BCUT2D eigenvalue weighted by Crippen LogP contribution is 2.31. The van der Waals surface area contributed by atoms with Gasteiger partial charge in [0, 0.05) is 13.0 Å². The average Bonchev–Trinajstić information content (AvgIpc) is 3.00. The van der Waals surface area contributed by atoms with Crippen LogP contribution >= 0.6 is 0 Å². The number of likely N-dealkylation sites (N-methyl/N-ethyl adjacent to an activating group) is 1. The third-order valence-electron chi connectivity index (χ3n) is 5.66. The molecular weight excluding hydrogens is 606 g/mol. The molecule has 0 heterocycles. The Morgan fingerprint density at radius 2 is 1.59 bits per heavy atom. The molecule has 0 radical (unpaired) electrons. The van der Waals surface area contributed by atoms with E-state index in [1.165, 1.54) is 12.1 Å². The Kier molecular flexibility index (Phi) is 31.2. The molecule has 0 saturated carbocycles. The quantitative estimate of drug-likeness (QED) is 0.133. The van der Waals surface area contributed by atoms with Crippen molar-refractivity contribution in [3.63, 3.8) is 0 Å². The van der Waals surface area contributed by atoms with Crippen molar-refractivity contribution in [2.45, 2.75) is 87.5 Å². The zero-order valence-corrected chi connectivity index (χ0v) is 29.2. The number of benzene rings is 1. The lowest BCUT2D eigenvalue weighted by molar-refractivity contribution is -0.138. The number of allylic oxidation sites excluding steroid dienone is 7. The largest absolute Gasteiger partial charge is 0.481 e. The van der Waals surface area contributed by atoms with Crippen molar-refractivity contribution in [3.05, 3.63) is 89.6 Å². The van der Waals surface area contributed by atoms with Crippen LogP contribution in [0.1, 0.15) is 86.3 Å². The second-order valence-electron chi connectivity index (χ2n) is 9.52. The van der Waals surface area contributed by atoms with Gasteiger partial charge >= 0.3 is 18.3 Å². The summed E-state index contributed by atoms with van der Waals surface area (Å²) < 4.78 is 74.9. The van der Waals surface area contributed by atoms with Crippen molar-refractivity contribution in [1.29, 1.82) is 0 Å². The Morgan fingerprint density at radius 1 is 1.02 bits per heavy atom. The van der Waals surface area contributed by atoms with Gasteiger partial charge in [-0.25, -0.2) is 0 Å². The number of nitrogens with one attached hydrogen (secondary N) is 1. The number of carbonyl (C=O) groups is 1. The SMILES string of the molecule is C=C(/C=C\C(=C/C)c1cccc(C(F)(F)F)c1)C(C)C.C=NC/C=C\C(=C/CNC)C(F)(F)F.CC.CC.CCC(C)CC(=O)O. The van der Waals surface area contributed by atoms with E-state index in [2.05, 4.69) is 23.6 Å². The van der Waals surface area contributed by atoms with Gasteiger partial charge in [0.25, 0.3) is 0 Å². The molecule has 2 N–H and O–H groups in total. The van der Waals surface area contributed by atoms with Crippen molar-refractivity contribution in [1.82, 2.24) is 5.32 Å². The van der Waals surface area contributed by atoms with Crippen LogP contribution in [0, 0.1) is 11.8 Å². The molecule has 1 unspecified atom stereocenters. The predicted molar refractivity (Wildman–Crippen MR) is 184 cm³/mol. The summed E-state index contributed by atoms with van der Waals surface area (Å²) in [6, 6.07) is 5.34. The molecule has 1 rings (SSSR count). The van der Waals surface area contributed by atoms with Crippen molar-refractivity contribution < 1.29 is 36.2 Å². The molecule has 0 aliphatic heterocycles. The Balaban J connectivity index is -0.000000295. The summed E-state index contributed by atoms with van der Waals surface area (Å²) in [7, 11) is 1.58. The predicted octanol–water partition coefficient (Wildman–Crippen LogP) is 11.4. The van der Waals surface area contributed by atoms with E-state index in [-0.39, 0.29) is 13.1 Å². The van der Waals surface area contributed by atoms with E-state index in [9.17, 15) is 31.1 Å². The Morgan fingerprint density at radius 3 is 1.96 bits per heavy atom. The number of halogens is 6. The maximum absolute atomic E-state index is 12.7. The number of aliphatic carboxylic acids is 1. The molecule has 0 bridgehead atoms. The lowest BCUT2D eigenvalue weighted by Crippen LogP contribution is -2.13. The van der Waals surface area contributed by atoms with Crippen molar-refractivity contribution in [3.8, 4) is 0 Å². The molecule has 4 nitrogen and oxygen atoms in total. The zero-order valence-electron chi connectivity index (χ0n) is 29.2. The lowest BCUT2D eigenvalue weighted by atomic mass is 9.99. The fourth-order valence-electron chi connectivity index (χ4n) is 2.81. The van der Waals surface area contributed by atoms with Gasteiger partial charge in [-0.3, -0.25) is 9.79 Å². The summed E-state index contributed by atoms with van der Waals surface area (Å²) in [6.45, 7) is 25.2. The summed E-state index contributed by atoms with van der Waals surface area (Å²) in [5.74, 6) is -0.0577. The summed E-state index contributed by atoms with van der Waals surface area (Å²) in [6.07, 6.45) is 1.47. The Hall–Kier alpha value is -3.40. The number of alkyl halides is 6. The van der Waals surface area contributed by atoms with Gasteiger partial charge in [-0.15, -0.1) is 0 Å². The zero-order chi connectivity index (χ0) is 36.9. The summed E-state index contributed by atoms with van der Waals surface area (Å²) in [5, 5.41) is 10.8. The van der Waals surface area contributed by atoms with Crippen LogP contribution in [0.4, 0.5) is 26.3 Å². The first-order valence-electron chi connectivity index (χ1n) is 15.4. The van der Waals surface area contributed by atoms with E-state index in [1.54, 1.807) is 32.2 Å². The molecule has 0 fully saturated rings. The molecular formula is C36H56F6N2O2. The molecule has 1 aromatic rings. The standard InChI is InChI=1S/C17H19F3.C9H13F3N2.C6H12O2.2C2H6/c1-5-14(10-9-13(4)12(2)3)15-7-6-8-16(11-15)17(18,19)20;1-13-6-3-4-8(5-7-14-2)9(10,11)12;1-3-5(2)4-6(7)8;2*1-2/h5-12H,4H2,1-3H3;3-5,14H,1,6-7H2,2H3;5H,3-4H2,1-2H3,(H,7,8);2*1-2H3/b10-9-,14-5+;4-3-,8-5+;;;. The lowest BCUT2D eigenvalue weighted by Gasteiger charge is -2.10. The molecule has 1 aromatic carbocycles. The number of carboxylic acids is 1. The molecule has 0 amide bonds. The topological polar surface area (TPSA) is 61.7 Å². The normalized spacial score (nSPS) is 12.5. The summed E-state index contributed by atoms with van der Waals surface area (Å²) in [4.78, 5) is 13.4. The van der Waals surface area contributed by atoms with Gasteiger partial charge in [-0.2, -0.15) is 26.3 Å². The first kappa shape index (κ1) is 49.5. The molecule has 0 aliphatic carbocycles. The minimum Gasteiger partial charge on any atom is -0.481 e. The van der Waals surface area contributed by atoms with E-state index in [4.69, 9.17) is 5.11 Å². The molecule has 0 spiro atoms. The Bertz CT molecular complexity index is 1080. The van der Waals surface area contributed by atoms with E-state index in [0.717, 1.165) is 41.9 Å². The summed E-state index contributed by atoms with van der Waals surface area (Å²) in [5.41, 5.74) is 0.935. The van der Waals surface area contributed by atoms with Gasteiger partial charge in [0.15, 0.2) is 0 Å². The van der Waals surface area contributed by atoms with Gasteiger partial charge in [0.2, 0.25) is 0 Å². The van der Waals surface area contributed by atoms with Gasteiger partial charge < -0.3 is 10.4 Å². The van der Waals surface area contributed by atoms with Crippen LogP contribution in [0.15, 0.2) is 83.4 Å². The Labute approximate surface area is 273 Å². The highest BCUT2D eigenvalue weighted by Gasteiger charge is 2.31. The van der Waals surface area contributed by atoms with Gasteiger partial charge in [0.05, 0.1) is 17.7 Å². The van der Waals surface area contributed by atoms with Crippen LogP contribution in [0.5, 0.6) is 0 Å². The molecule has 0 aliphatic rings. The van der Waals surface area contributed by atoms with Crippen LogP contribution in [0.2, 0.25) is 0 Å². The number of aliphatic imine (C=N–C) groups is 1. The fourth-order valence-corrected chi connectivity index (χ4v) is 2.81. The number of nitrogens with zero attached hydrogens (tertiary/aromatic N) is 1.